The lowest BCUT2D eigenvalue weighted by Crippen LogP contribution is -2.27. The summed E-state index contributed by atoms with van der Waals surface area (Å²) in [7, 11) is 0. The zero-order valence-corrected chi connectivity index (χ0v) is 12.7. The van der Waals surface area contributed by atoms with Gasteiger partial charge in [-0.25, -0.2) is 0 Å². The molecule has 1 heterocycles. The number of thioether (sulfide) groups is 1. The summed E-state index contributed by atoms with van der Waals surface area (Å²) < 4.78 is 5.59. The van der Waals surface area contributed by atoms with E-state index < -0.39 is 0 Å². The van der Waals surface area contributed by atoms with Crippen molar-refractivity contribution < 1.29 is 14.3 Å². The van der Waals surface area contributed by atoms with Crippen LogP contribution in [0, 0.1) is 0 Å². The molecule has 1 aromatic carbocycles. The summed E-state index contributed by atoms with van der Waals surface area (Å²) in [6.45, 7) is 3.84. The number of nitrogens with zero attached hydrogens (tertiary/aromatic N) is 1. The summed E-state index contributed by atoms with van der Waals surface area (Å²) in [5, 5.41) is 0. The largest absolute Gasteiger partial charge is 0.500 e. The first kappa shape index (κ1) is 14.7. The van der Waals surface area contributed by atoms with Gasteiger partial charge in [-0.05, 0) is 38.1 Å². The van der Waals surface area contributed by atoms with E-state index in [-0.39, 0.29) is 11.7 Å². The number of rotatable bonds is 4. The molecule has 1 amide bonds. The Morgan fingerprint density at radius 2 is 2.05 bits per heavy atom. The van der Waals surface area contributed by atoms with E-state index in [1.54, 1.807) is 24.3 Å². The van der Waals surface area contributed by atoms with Crippen molar-refractivity contribution in [2.24, 2.45) is 0 Å². The second-order valence-corrected chi connectivity index (χ2v) is 5.72. The van der Waals surface area contributed by atoms with Crippen molar-refractivity contribution in [3.8, 4) is 0 Å². The third-order valence-electron chi connectivity index (χ3n) is 2.68. The number of hydrogen-bond acceptors (Lipinski definition) is 5. The molecule has 0 aliphatic carbocycles. The highest BCUT2D eigenvalue weighted by atomic mass is 32.2. The first-order valence-electron chi connectivity index (χ1n) is 6.03. The predicted octanol–water partition coefficient (Wildman–Crippen LogP) is 3.13. The van der Waals surface area contributed by atoms with E-state index in [1.165, 1.54) is 29.8 Å². The molecule has 0 unspecified atom stereocenters. The summed E-state index contributed by atoms with van der Waals surface area (Å²) in [4.78, 5) is 25.4. The van der Waals surface area contributed by atoms with Gasteiger partial charge in [0.1, 0.15) is 11.2 Å². The number of amides is 1. The average Bonchev–Trinajstić information content (AvgIpc) is 2.71. The van der Waals surface area contributed by atoms with Crippen molar-refractivity contribution in [3.63, 3.8) is 0 Å². The minimum atomic E-state index is -0.205. The molecule has 1 aliphatic rings. The number of Topliss-reactive ketones (excluding diaryl/α,β-unsaturated/α-hetero) is 1. The molecule has 0 aromatic heterocycles. The molecule has 0 bridgehead atoms. The summed E-state index contributed by atoms with van der Waals surface area (Å²) >= 11 is 6.42. The third kappa shape index (κ3) is 2.91. The lowest BCUT2D eigenvalue weighted by Gasteiger charge is -2.14. The van der Waals surface area contributed by atoms with Crippen molar-refractivity contribution in [1.29, 1.82) is 0 Å². The van der Waals surface area contributed by atoms with Crippen LogP contribution < -0.4 is 4.90 Å². The zero-order valence-electron chi connectivity index (χ0n) is 11.1. The summed E-state index contributed by atoms with van der Waals surface area (Å²) in [6, 6.07) is 6.79. The molecule has 0 N–H and O–H groups in total. The molecular formula is C14H13NO3S2. The van der Waals surface area contributed by atoms with E-state index in [1.807, 2.05) is 6.92 Å². The van der Waals surface area contributed by atoms with E-state index in [2.05, 4.69) is 0 Å². The Labute approximate surface area is 126 Å². The maximum Gasteiger partial charge on any atom is 0.273 e. The van der Waals surface area contributed by atoms with Gasteiger partial charge in [0.25, 0.3) is 5.91 Å². The SMILES string of the molecule is CCOC=C1SC(=S)N(c2ccc(C(C)=O)cc2)C1=O. The number of anilines is 1. The van der Waals surface area contributed by atoms with Gasteiger partial charge in [0.05, 0.1) is 12.3 Å². The maximum absolute atomic E-state index is 12.2. The van der Waals surface area contributed by atoms with E-state index in [0.717, 1.165) is 0 Å². The number of carbonyl (C=O) groups is 2. The molecule has 4 nitrogen and oxygen atoms in total. The van der Waals surface area contributed by atoms with Gasteiger partial charge in [0.15, 0.2) is 10.1 Å². The lowest BCUT2D eigenvalue weighted by molar-refractivity contribution is -0.113. The van der Waals surface area contributed by atoms with Gasteiger partial charge in [-0.1, -0.05) is 24.0 Å². The topological polar surface area (TPSA) is 46.6 Å². The highest BCUT2D eigenvalue weighted by Gasteiger charge is 2.33. The molecule has 0 atom stereocenters. The predicted molar refractivity (Wildman–Crippen MR) is 83.8 cm³/mol. The van der Waals surface area contributed by atoms with Gasteiger partial charge < -0.3 is 4.74 Å². The van der Waals surface area contributed by atoms with E-state index >= 15 is 0 Å². The van der Waals surface area contributed by atoms with Crippen LogP contribution in [0.2, 0.25) is 0 Å². The van der Waals surface area contributed by atoms with Crippen molar-refractivity contribution in [2.45, 2.75) is 13.8 Å². The number of ether oxygens (including phenoxy) is 1. The van der Waals surface area contributed by atoms with E-state index in [0.29, 0.717) is 27.1 Å². The quantitative estimate of drug-likeness (QED) is 0.370. The third-order valence-corrected chi connectivity index (χ3v) is 3.96. The Morgan fingerprint density at radius 1 is 1.40 bits per heavy atom. The fraction of sp³-hybridized carbons (Fsp3) is 0.214. The fourth-order valence-corrected chi connectivity index (χ4v) is 2.90. The number of hydrogen-bond donors (Lipinski definition) is 0. The van der Waals surface area contributed by atoms with Crippen LogP contribution in [0.3, 0.4) is 0 Å². The maximum atomic E-state index is 12.2. The van der Waals surface area contributed by atoms with Crippen molar-refractivity contribution in [2.75, 3.05) is 11.5 Å². The molecule has 1 saturated heterocycles. The highest BCUT2D eigenvalue weighted by molar-refractivity contribution is 8.27. The Morgan fingerprint density at radius 3 is 2.60 bits per heavy atom. The van der Waals surface area contributed by atoms with Crippen LogP contribution in [0.1, 0.15) is 24.2 Å². The molecule has 20 heavy (non-hydrogen) atoms. The first-order valence-corrected chi connectivity index (χ1v) is 7.26. The summed E-state index contributed by atoms with van der Waals surface area (Å²) in [5.74, 6) is -0.220. The van der Waals surface area contributed by atoms with E-state index in [9.17, 15) is 9.59 Å². The van der Waals surface area contributed by atoms with Crippen molar-refractivity contribution >= 4 is 45.7 Å². The van der Waals surface area contributed by atoms with E-state index in [4.69, 9.17) is 17.0 Å². The second kappa shape index (κ2) is 6.19. The highest BCUT2D eigenvalue weighted by Crippen LogP contribution is 2.34. The fourth-order valence-electron chi connectivity index (χ4n) is 1.68. The van der Waals surface area contributed by atoms with Gasteiger partial charge >= 0.3 is 0 Å². The molecule has 0 spiro atoms. The van der Waals surface area contributed by atoms with Gasteiger partial charge in [0, 0.05) is 5.56 Å². The zero-order chi connectivity index (χ0) is 14.7. The molecule has 0 saturated carbocycles. The van der Waals surface area contributed by atoms with Crippen LogP contribution in [0.4, 0.5) is 5.69 Å². The minimum absolute atomic E-state index is 0.0156. The Hall–Kier alpha value is -1.66. The van der Waals surface area contributed by atoms with Gasteiger partial charge in [-0.3, -0.25) is 14.5 Å². The van der Waals surface area contributed by atoms with Crippen molar-refractivity contribution in [3.05, 3.63) is 41.0 Å². The van der Waals surface area contributed by atoms with Crippen LogP contribution in [-0.2, 0) is 9.53 Å². The molecule has 1 aliphatic heterocycles. The first-order chi connectivity index (χ1) is 9.54. The molecule has 2 rings (SSSR count). The smallest absolute Gasteiger partial charge is 0.273 e. The Bertz CT molecular complexity index is 593. The Kier molecular flexibility index (Phi) is 4.57. The Balaban J connectivity index is 2.26. The van der Waals surface area contributed by atoms with Crippen LogP contribution in [0.15, 0.2) is 35.4 Å². The number of thiocarbonyl (C=S) groups is 1. The summed E-state index contributed by atoms with van der Waals surface area (Å²) in [6.07, 6.45) is 1.43. The van der Waals surface area contributed by atoms with Crippen LogP contribution in [0.5, 0.6) is 0 Å². The molecule has 1 fully saturated rings. The number of ketones is 1. The van der Waals surface area contributed by atoms with Gasteiger partial charge in [-0.15, -0.1) is 0 Å². The van der Waals surface area contributed by atoms with Crippen molar-refractivity contribution in [1.82, 2.24) is 0 Å². The molecular weight excluding hydrogens is 294 g/mol. The van der Waals surface area contributed by atoms with Crippen LogP contribution in [-0.4, -0.2) is 22.6 Å². The normalized spacial score (nSPS) is 16.9. The number of benzene rings is 1. The lowest BCUT2D eigenvalue weighted by atomic mass is 10.1. The van der Waals surface area contributed by atoms with Gasteiger partial charge in [-0.2, -0.15) is 0 Å². The monoisotopic (exact) mass is 307 g/mol. The summed E-state index contributed by atoms with van der Waals surface area (Å²) in [5.41, 5.74) is 1.25. The average molecular weight is 307 g/mol. The molecule has 6 heteroatoms. The van der Waals surface area contributed by atoms with Crippen LogP contribution >= 0.6 is 24.0 Å². The van der Waals surface area contributed by atoms with Crippen LogP contribution in [0.25, 0.3) is 0 Å². The standard InChI is InChI=1S/C14H13NO3S2/c1-3-18-8-12-13(17)15(14(19)20-12)11-6-4-10(5-7-11)9(2)16/h4-8H,3H2,1-2H3. The van der Waals surface area contributed by atoms with Gasteiger partial charge in [0.2, 0.25) is 0 Å². The molecule has 1 aromatic rings. The second-order valence-electron chi connectivity index (χ2n) is 4.05. The molecule has 104 valence electrons. The molecule has 0 radical (unpaired) electrons. The minimum Gasteiger partial charge on any atom is -0.500 e. The number of carbonyl (C=O) groups excluding carboxylic acids is 2.